The molecule has 8 heteroatoms. The van der Waals surface area contributed by atoms with Gasteiger partial charge in [0.25, 0.3) is 0 Å². The molecule has 1 amide bonds. The zero-order valence-corrected chi connectivity index (χ0v) is 11.1. The zero-order valence-electron chi connectivity index (χ0n) is 9.51. The molecule has 1 saturated heterocycles. The third-order valence-electron chi connectivity index (χ3n) is 2.87. The molecule has 0 N–H and O–H groups in total. The van der Waals surface area contributed by atoms with Crippen LogP contribution in [0.25, 0.3) is 0 Å². The Bertz CT molecular complexity index is 684. The SMILES string of the molecule is N#Cc1ccc(N2CC(S(=O)(=O)Cl)CC2=O)cc1F. The molecule has 1 fully saturated rings. The van der Waals surface area contributed by atoms with Crippen molar-refractivity contribution in [2.45, 2.75) is 11.7 Å². The van der Waals surface area contributed by atoms with Gasteiger partial charge in [0, 0.05) is 29.3 Å². The molecule has 1 unspecified atom stereocenters. The summed E-state index contributed by atoms with van der Waals surface area (Å²) in [5.41, 5.74) is 0.0706. The van der Waals surface area contributed by atoms with Crippen molar-refractivity contribution in [3.63, 3.8) is 0 Å². The molecule has 19 heavy (non-hydrogen) atoms. The summed E-state index contributed by atoms with van der Waals surface area (Å²) >= 11 is 0. The molecule has 0 spiro atoms. The van der Waals surface area contributed by atoms with Crippen LogP contribution in [0.3, 0.4) is 0 Å². The molecule has 0 aromatic heterocycles. The third-order valence-corrected chi connectivity index (χ3v) is 4.74. The molecule has 2 rings (SSSR count). The molecular formula is C11H8ClFN2O3S. The van der Waals surface area contributed by atoms with Crippen LogP contribution >= 0.6 is 10.7 Å². The van der Waals surface area contributed by atoms with Crippen LogP contribution in [0.5, 0.6) is 0 Å². The van der Waals surface area contributed by atoms with Gasteiger partial charge in [0.1, 0.15) is 17.1 Å². The number of carbonyl (C=O) groups is 1. The van der Waals surface area contributed by atoms with E-state index in [2.05, 4.69) is 0 Å². The topological polar surface area (TPSA) is 78.2 Å². The van der Waals surface area contributed by atoms with Gasteiger partial charge in [-0.15, -0.1) is 0 Å². The smallest absolute Gasteiger partial charge is 0.237 e. The maximum atomic E-state index is 13.5. The molecule has 0 aliphatic carbocycles. The van der Waals surface area contributed by atoms with E-state index in [1.54, 1.807) is 6.07 Å². The average Bonchev–Trinajstić information content (AvgIpc) is 2.71. The van der Waals surface area contributed by atoms with Gasteiger partial charge in [0.2, 0.25) is 15.0 Å². The van der Waals surface area contributed by atoms with Gasteiger partial charge in [0.05, 0.1) is 5.56 Å². The highest BCUT2D eigenvalue weighted by Crippen LogP contribution is 2.27. The van der Waals surface area contributed by atoms with Gasteiger partial charge in [0.15, 0.2) is 0 Å². The first kappa shape index (κ1) is 13.8. The van der Waals surface area contributed by atoms with E-state index in [0.29, 0.717) is 0 Å². The second-order valence-electron chi connectivity index (χ2n) is 4.08. The lowest BCUT2D eigenvalue weighted by atomic mass is 10.2. The summed E-state index contributed by atoms with van der Waals surface area (Å²) in [5, 5.41) is 7.61. The van der Waals surface area contributed by atoms with E-state index in [0.717, 1.165) is 11.0 Å². The fraction of sp³-hybridized carbons (Fsp3) is 0.273. The minimum Gasteiger partial charge on any atom is -0.311 e. The molecule has 1 aromatic rings. The van der Waals surface area contributed by atoms with Crippen molar-refractivity contribution >= 4 is 31.3 Å². The lowest BCUT2D eigenvalue weighted by molar-refractivity contribution is -0.117. The van der Waals surface area contributed by atoms with Gasteiger partial charge < -0.3 is 4.90 Å². The van der Waals surface area contributed by atoms with Crippen molar-refractivity contribution < 1.29 is 17.6 Å². The van der Waals surface area contributed by atoms with E-state index in [4.69, 9.17) is 15.9 Å². The predicted molar refractivity (Wildman–Crippen MR) is 66.6 cm³/mol. The molecule has 1 atom stereocenters. The average molecular weight is 303 g/mol. The molecule has 0 radical (unpaired) electrons. The molecule has 0 bridgehead atoms. The monoisotopic (exact) mass is 302 g/mol. The number of hydrogen-bond donors (Lipinski definition) is 0. The zero-order chi connectivity index (χ0) is 14.2. The Kier molecular flexibility index (Phi) is 3.47. The molecule has 1 aromatic carbocycles. The molecule has 1 aliphatic heterocycles. The fourth-order valence-electron chi connectivity index (χ4n) is 1.88. The number of amides is 1. The van der Waals surface area contributed by atoms with Crippen LogP contribution in [-0.4, -0.2) is 26.1 Å². The summed E-state index contributed by atoms with van der Waals surface area (Å²) < 4.78 is 35.8. The third kappa shape index (κ3) is 2.69. The van der Waals surface area contributed by atoms with Gasteiger partial charge in [-0.05, 0) is 18.2 Å². The van der Waals surface area contributed by atoms with Crippen molar-refractivity contribution in [1.29, 1.82) is 5.26 Å². The van der Waals surface area contributed by atoms with Crippen molar-refractivity contribution in [3.8, 4) is 6.07 Å². The van der Waals surface area contributed by atoms with E-state index in [9.17, 15) is 17.6 Å². The summed E-state index contributed by atoms with van der Waals surface area (Å²) in [5.74, 6) is -1.21. The quantitative estimate of drug-likeness (QED) is 0.773. The van der Waals surface area contributed by atoms with Crippen molar-refractivity contribution in [1.82, 2.24) is 0 Å². The minimum absolute atomic E-state index is 0.115. The van der Waals surface area contributed by atoms with Gasteiger partial charge in [-0.2, -0.15) is 5.26 Å². The van der Waals surface area contributed by atoms with Gasteiger partial charge in [-0.3, -0.25) is 4.79 Å². The van der Waals surface area contributed by atoms with Gasteiger partial charge in [-0.25, -0.2) is 12.8 Å². The maximum absolute atomic E-state index is 13.5. The molecule has 100 valence electrons. The van der Waals surface area contributed by atoms with Crippen LogP contribution in [0.2, 0.25) is 0 Å². The number of anilines is 1. The number of carbonyl (C=O) groups excluding carboxylic acids is 1. The summed E-state index contributed by atoms with van der Waals surface area (Å²) in [6.07, 6.45) is -0.229. The van der Waals surface area contributed by atoms with Crippen molar-refractivity contribution in [2.75, 3.05) is 11.4 Å². The first-order chi connectivity index (χ1) is 8.82. The van der Waals surface area contributed by atoms with Crippen LogP contribution in [0.4, 0.5) is 10.1 Å². The number of nitrogens with zero attached hydrogens (tertiary/aromatic N) is 2. The highest BCUT2D eigenvalue weighted by atomic mass is 35.7. The Morgan fingerprint density at radius 1 is 1.47 bits per heavy atom. The molecular weight excluding hydrogens is 295 g/mol. The van der Waals surface area contributed by atoms with Crippen LogP contribution in [-0.2, 0) is 13.8 Å². The molecule has 1 aliphatic rings. The normalized spacial score (nSPS) is 19.5. The number of hydrogen-bond acceptors (Lipinski definition) is 4. The Balaban J connectivity index is 2.31. The number of benzene rings is 1. The van der Waals surface area contributed by atoms with Gasteiger partial charge in [-0.1, -0.05) is 0 Å². The summed E-state index contributed by atoms with van der Waals surface area (Å²) in [6.45, 7) is -0.115. The largest absolute Gasteiger partial charge is 0.311 e. The van der Waals surface area contributed by atoms with Crippen LogP contribution in [0.15, 0.2) is 18.2 Å². The van der Waals surface area contributed by atoms with Crippen LogP contribution < -0.4 is 4.90 Å². The van der Waals surface area contributed by atoms with E-state index in [1.165, 1.54) is 12.1 Å². The number of rotatable bonds is 2. The van der Waals surface area contributed by atoms with Crippen LogP contribution in [0, 0.1) is 17.1 Å². The predicted octanol–water partition coefficient (Wildman–Crippen LogP) is 1.37. The second-order valence-corrected chi connectivity index (χ2v) is 6.99. The number of nitriles is 1. The van der Waals surface area contributed by atoms with E-state index in [-0.39, 0.29) is 24.2 Å². The highest BCUT2D eigenvalue weighted by molar-refractivity contribution is 8.14. The Hall–Kier alpha value is -1.65. The first-order valence-electron chi connectivity index (χ1n) is 5.26. The summed E-state index contributed by atoms with van der Waals surface area (Å²) in [7, 11) is 1.38. The van der Waals surface area contributed by atoms with Crippen LogP contribution in [0.1, 0.15) is 12.0 Å². The lowest BCUT2D eigenvalue weighted by Crippen LogP contribution is -2.26. The second kappa shape index (κ2) is 4.79. The van der Waals surface area contributed by atoms with E-state index < -0.39 is 26.0 Å². The van der Waals surface area contributed by atoms with E-state index in [1.807, 2.05) is 0 Å². The molecule has 0 saturated carbocycles. The molecule has 1 heterocycles. The Morgan fingerprint density at radius 2 is 2.16 bits per heavy atom. The van der Waals surface area contributed by atoms with E-state index >= 15 is 0 Å². The Morgan fingerprint density at radius 3 is 2.63 bits per heavy atom. The Labute approximate surface area is 113 Å². The van der Waals surface area contributed by atoms with Crippen molar-refractivity contribution in [3.05, 3.63) is 29.6 Å². The summed E-state index contributed by atoms with van der Waals surface area (Å²) in [6, 6.07) is 5.32. The highest BCUT2D eigenvalue weighted by Gasteiger charge is 2.38. The standard InChI is InChI=1S/C11H8ClFN2O3S/c12-19(17,18)9-4-11(16)15(6-9)8-2-1-7(5-14)10(13)3-8/h1-3,9H,4,6H2. The maximum Gasteiger partial charge on any atom is 0.237 e. The van der Waals surface area contributed by atoms with Crippen molar-refractivity contribution in [2.24, 2.45) is 0 Å². The molecule has 5 nitrogen and oxygen atoms in total. The summed E-state index contributed by atoms with van der Waals surface area (Å²) in [4.78, 5) is 12.9. The number of halogens is 2. The minimum atomic E-state index is -3.84. The fourth-order valence-corrected chi connectivity index (χ4v) is 2.90. The van der Waals surface area contributed by atoms with Gasteiger partial charge >= 0.3 is 0 Å². The lowest BCUT2D eigenvalue weighted by Gasteiger charge is -2.16. The first-order valence-corrected chi connectivity index (χ1v) is 7.63.